The molecule has 1 N–H and O–H groups in total. The predicted molar refractivity (Wildman–Crippen MR) is 82.5 cm³/mol. The molecular formula is C14H20N4OS. The summed E-state index contributed by atoms with van der Waals surface area (Å²) in [4.78, 5) is 12.3. The average Bonchev–Trinajstić information content (AvgIpc) is 2.93. The van der Waals surface area contributed by atoms with E-state index in [1.807, 2.05) is 0 Å². The van der Waals surface area contributed by atoms with Crippen LogP contribution in [0, 0.1) is 0 Å². The van der Waals surface area contributed by atoms with Crippen LogP contribution in [0.4, 0.5) is 5.82 Å². The van der Waals surface area contributed by atoms with Crippen LogP contribution in [0.1, 0.15) is 13.8 Å². The van der Waals surface area contributed by atoms with Gasteiger partial charge >= 0.3 is 0 Å². The zero-order chi connectivity index (χ0) is 13.9. The first-order valence-corrected chi connectivity index (χ1v) is 7.89. The van der Waals surface area contributed by atoms with Crippen LogP contribution in [0.3, 0.4) is 0 Å². The van der Waals surface area contributed by atoms with Gasteiger partial charge < -0.3 is 15.0 Å². The van der Waals surface area contributed by atoms with Crippen LogP contribution < -0.4 is 10.2 Å². The fourth-order valence-corrected chi connectivity index (χ4v) is 3.21. The molecule has 3 heterocycles. The molecule has 5 nitrogen and oxygen atoms in total. The summed E-state index contributed by atoms with van der Waals surface area (Å²) in [6, 6.07) is 2.91. The van der Waals surface area contributed by atoms with E-state index in [0.717, 1.165) is 42.3 Å². The zero-order valence-electron chi connectivity index (χ0n) is 11.9. The first kappa shape index (κ1) is 13.7. The Morgan fingerprint density at radius 1 is 1.50 bits per heavy atom. The van der Waals surface area contributed by atoms with E-state index in [1.54, 1.807) is 17.7 Å². The summed E-state index contributed by atoms with van der Waals surface area (Å²) in [7, 11) is 0. The summed E-state index contributed by atoms with van der Waals surface area (Å²) in [6.45, 7) is 7.62. The molecule has 1 aliphatic heterocycles. The van der Waals surface area contributed by atoms with E-state index in [2.05, 4.69) is 45.5 Å². The van der Waals surface area contributed by atoms with Crippen molar-refractivity contribution in [1.29, 1.82) is 0 Å². The highest BCUT2D eigenvalue weighted by Gasteiger charge is 2.25. The van der Waals surface area contributed by atoms with Crippen LogP contribution in [0.5, 0.6) is 0 Å². The minimum Gasteiger partial charge on any atom is -0.377 e. The van der Waals surface area contributed by atoms with Crippen molar-refractivity contribution >= 4 is 27.4 Å². The molecular weight excluding hydrogens is 272 g/mol. The second-order valence-corrected chi connectivity index (χ2v) is 6.22. The molecule has 3 rings (SSSR count). The van der Waals surface area contributed by atoms with Crippen LogP contribution >= 0.6 is 11.3 Å². The molecule has 1 unspecified atom stereocenters. The third-order valence-electron chi connectivity index (χ3n) is 3.50. The monoisotopic (exact) mass is 292 g/mol. The lowest BCUT2D eigenvalue weighted by Gasteiger charge is -2.37. The molecule has 2 aromatic rings. The van der Waals surface area contributed by atoms with Gasteiger partial charge in [0.1, 0.15) is 17.0 Å². The summed E-state index contributed by atoms with van der Waals surface area (Å²) in [6.07, 6.45) is 1.66. The van der Waals surface area contributed by atoms with Gasteiger partial charge in [-0.25, -0.2) is 9.97 Å². The van der Waals surface area contributed by atoms with Gasteiger partial charge in [-0.3, -0.25) is 0 Å². The van der Waals surface area contributed by atoms with E-state index < -0.39 is 0 Å². The molecule has 2 aromatic heterocycles. The van der Waals surface area contributed by atoms with Crippen molar-refractivity contribution in [3.8, 4) is 0 Å². The SMILES string of the molecule is CC(C)NCC1COCCN1c1ncnc2sccc12. The first-order chi connectivity index (χ1) is 9.75. The maximum Gasteiger partial charge on any atom is 0.141 e. The maximum absolute atomic E-state index is 5.64. The van der Waals surface area contributed by atoms with Gasteiger partial charge in [-0.1, -0.05) is 13.8 Å². The lowest BCUT2D eigenvalue weighted by Crippen LogP contribution is -2.51. The van der Waals surface area contributed by atoms with E-state index >= 15 is 0 Å². The number of thiophene rings is 1. The number of fused-ring (bicyclic) bond motifs is 1. The van der Waals surface area contributed by atoms with E-state index in [0.29, 0.717) is 12.1 Å². The Balaban J connectivity index is 1.87. The lowest BCUT2D eigenvalue weighted by atomic mass is 10.2. The van der Waals surface area contributed by atoms with Crippen molar-refractivity contribution in [2.45, 2.75) is 25.9 Å². The number of rotatable bonds is 4. The maximum atomic E-state index is 5.64. The van der Waals surface area contributed by atoms with Gasteiger partial charge in [0.15, 0.2) is 0 Å². The third kappa shape index (κ3) is 2.77. The molecule has 0 spiro atoms. The summed E-state index contributed by atoms with van der Waals surface area (Å²) in [5, 5.41) is 6.72. The van der Waals surface area contributed by atoms with Gasteiger partial charge in [0.2, 0.25) is 0 Å². The normalized spacial score (nSPS) is 19.9. The van der Waals surface area contributed by atoms with E-state index in [4.69, 9.17) is 4.74 Å². The Kier molecular flexibility index (Phi) is 4.14. The fourth-order valence-electron chi connectivity index (χ4n) is 2.48. The standard InChI is InChI=1S/C14H20N4OS/c1-10(2)15-7-11-8-19-5-4-18(11)13-12-3-6-20-14(12)17-9-16-13/h3,6,9-11,15H,4-5,7-8H2,1-2H3. The molecule has 0 bridgehead atoms. The van der Waals surface area contributed by atoms with Crippen LogP contribution in [-0.2, 0) is 4.74 Å². The largest absolute Gasteiger partial charge is 0.377 e. The minimum atomic E-state index is 0.323. The molecule has 0 radical (unpaired) electrons. The van der Waals surface area contributed by atoms with Crippen molar-refractivity contribution in [3.63, 3.8) is 0 Å². The topological polar surface area (TPSA) is 50.3 Å². The van der Waals surface area contributed by atoms with E-state index in [1.165, 1.54) is 0 Å². The number of ether oxygens (including phenoxy) is 1. The zero-order valence-corrected chi connectivity index (χ0v) is 12.7. The summed E-state index contributed by atoms with van der Waals surface area (Å²) in [5.74, 6) is 1.04. The van der Waals surface area contributed by atoms with Crippen molar-refractivity contribution in [2.24, 2.45) is 0 Å². The lowest BCUT2D eigenvalue weighted by molar-refractivity contribution is 0.0929. The molecule has 0 aliphatic carbocycles. The molecule has 1 fully saturated rings. The summed E-state index contributed by atoms with van der Waals surface area (Å²) in [5.41, 5.74) is 0. The molecule has 0 amide bonds. The number of hydrogen-bond acceptors (Lipinski definition) is 6. The average molecular weight is 292 g/mol. The minimum absolute atomic E-state index is 0.323. The Labute approximate surface area is 123 Å². The van der Waals surface area contributed by atoms with Crippen molar-refractivity contribution < 1.29 is 4.74 Å². The summed E-state index contributed by atoms with van der Waals surface area (Å²) < 4.78 is 5.64. The molecule has 0 aromatic carbocycles. The van der Waals surface area contributed by atoms with Gasteiger partial charge in [-0.2, -0.15) is 0 Å². The first-order valence-electron chi connectivity index (χ1n) is 7.01. The molecule has 1 atom stereocenters. The Hall–Kier alpha value is -1.24. The van der Waals surface area contributed by atoms with Crippen molar-refractivity contribution in [1.82, 2.24) is 15.3 Å². The molecule has 108 valence electrons. The Morgan fingerprint density at radius 2 is 2.40 bits per heavy atom. The number of aromatic nitrogens is 2. The quantitative estimate of drug-likeness (QED) is 0.932. The highest BCUT2D eigenvalue weighted by atomic mass is 32.1. The molecule has 1 saturated heterocycles. The molecule has 0 saturated carbocycles. The number of nitrogens with one attached hydrogen (secondary N) is 1. The highest BCUT2D eigenvalue weighted by molar-refractivity contribution is 7.16. The van der Waals surface area contributed by atoms with Crippen LogP contribution in [0.25, 0.3) is 10.2 Å². The van der Waals surface area contributed by atoms with Crippen molar-refractivity contribution in [2.75, 3.05) is 31.2 Å². The number of nitrogens with zero attached hydrogens (tertiary/aromatic N) is 3. The van der Waals surface area contributed by atoms with Crippen LogP contribution in [0.15, 0.2) is 17.8 Å². The van der Waals surface area contributed by atoms with E-state index in [-0.39, 0.29) is 0 Å². The van der Waals surface area contributed by atoms with Gasteiger partial charge in [-0.15, -0.1) is 11.3 Å². The summed E-state index contributed by atoms with van der Waals surface area (Å²) >= 11 is 1.66. The van der Waals surface area contributed by atoms with Gasteiger partial charge in [-0.05, 0) is 11.4 Å². The predicted octanol–water partition coefficient (Wildman–Crippen LogP) is 1.89. The Morgan fingerprint density at radius 3 is 3.25 bits per heavy atom. The highest BCUT2D eigenvalue weighted by Crippen LogP contribution is 2.28. The van der Waals surface area contributed by atoms with Crippen LogP contribution in [0.2, 0.25) is 0 Å². The number of anilines is 1. The van der Waals surface area contributed by atoms with Gasteiger partial charge in [0.05, 0.1) is 24.6 Å². The van der Waals surface area contributed by atoms with Gasteiger partial charge in [0, 0.05) is 19.1 Å². The van der Waals surface area contributed by atoms with Crippen LogP contribution in [-0.4, -0.2) is 48.4 Å². The molecule has 1 aliphatic rings. The smallest absolute Gasteiger partial charge is 0.141 e. The third-order valence-corrected chi connectivity index (χ3v) is 4.32. The molecule has 20 heavy (non-hydrogen) atoms. The number of morpholine rings is 1. The van der Waals surface area contributed by atoms with E-state index in [9.17, 15) is 0 Å². The fraction of sp³-hybridized carbons (Fsp3) is 0.571. The second kappa shape index (κ2) is 6.03. The van der Waals surface area contributed by atoms with Crippen molar-refractivity contribution in [3.05, 3.63) is 17.8 Å². The second-order valence-electron chi connectivity index (χ2n) is 5.32. The van der Waals surface area contributed by atoms with Gasteiger partial charge in [0.25, 0.3) is 0 Å². The number of hydrogen-bond donors (Lipinski definition) is 1. The molecule has 6 heteroatoms. The Bertz CT molecular complexity index is 571.